The van der Waals surface area contributed by atoms with E-state index < -0.39 is 4.92 Å². The number of nitro groups is 1. The first kappa shape index (κ1) is 13.9. The fraction of sp³-hybridized carbons (Fsp3) is 0.300. The summed E-state index contributed by atoms with van der Waals surface area (Å²) < 4.78 is 4.40. The summed E-state index contributed by atoms with van der Waals surface area (Å²) in [6, 6.07) is 5.74. The van der Waals surface area contributed by atoms with Gasteiger partial charge in [0.05, 0.1) is 11.5 Å². The number of hydrogen-bond acceptors (Lipinski definition) is 5. The van der Waals surface area contributed by atoms with E-state index in [9.17, 15) is 14.9 Å². The van der Waals surface area contributed by atoms with Crippen LogP contribution in [0.5, 0.6) is 0 Å². The van der Waals surface area contributed by atoms with E-state index in [1.165, 1.54) is 31.2 Å². The summed E-state index contributed by atoms with van der Waals surface area (Å²) in [6.07, 6.45) is 0. The van der Waals surface area contributed by atoms with Crippen molar-refractivity contribution in [1.82, 2.24) is 0 Å². The molecule has 0 aromatic heterocycles. The van der Waals surface area contributed by atoms with Crippen LogP contribution in [0.4, 0.5) is 11.4 Å². The molecule has 6 heteroatoms. The summed E-state index contributed by atoms with van der Waals surface area (Å²) in [7, 11) is 0. The molecule has 1 aromatic rings. The minimum atomic E-state index is -0.459. The molecule has 16 heavy (non-hydrogen) atoms. The number of anilines is 1. The van der Waals surface area contributed by atoms with Crippen LogP contribution in [0, 0.1) is 10.1 Å². The van der Waals surface area contributed by atoms with Gasteiger partial charge in [-0.05, 0) is 19.1 Å². The van der Waals surface area contributed by atoms with Crippen LogP contribution in [-0.2, 0) is 9.53 Å². The largest absolute Gasteiger partial charge is 0.466 e. The molecule has 0 fully saturated rings. The number of ether oxygens (including phenoxy) is 1. The number of rotatable bonds is 2. The molecule has 1 aromatic carbocycles. The first-order valence-electron chi connectivity index (χ1n) is 4.60. The summed E-state index contributed by atoms with van der Waals surface area (Å²) in [5.74, 6) is -0.211. The van der Waals surface area contributed by atoms with Crippen molar-refractivity contribution in [1.29, 1.82) is 0 Å². The molecule has 1 rings (SSSR count). The van der Waals surface area contributed by atoms with Crippen molar-refractivity contribution in [2.24, 2.45) is 0 Å². The Morgan fingerprint density at radius 2 is 1.94 bits per heavy atom. The van der Waals surface area contributed by atoms with Crippen molar-refractivity contribution in [2.45, 2.75) is 13.8 Å². The zero-order valence-electron chi connectivity index (χ0n) is 9.17. The van der Waals surface area contributed by atoms with Gasteiger partial charge in [0, 0.05) is 24.7 Å². The summed E-state index contributed by atoms with van der Waals surface area (Å²) in [4.78, 5) is 19.4. The number of nitrogen functional groups attached to an aromatic ring is 1. The van der Waals surface area contributed by atoms with E-state index in [1.54, 1.807) is 6.92 Å². The lowest BCUT2D eigenvalue weighted by atomic mass is 10.3. The number of carbonyl (C=O) groups is 1. The lowest BCUT2D eigenvalue weighted by Crippen LogP contribution is -1.95. The Morgan fingerprint density at radius 1 is 1.44 bits per heavy atom. The number of carbonyl (C=O) groups excluding carboxylic acids is 1. The van der Waals surface area contributed by atoms with Crippen LogP contribution in [0.15, 0.2) is 24.3 Å². The highest BCUT2D eigenvalue weighted by atomic mass is 16.6. The highest BCUT2D eigenvalue weighted by molar-refractivity contribution is 5.65. The zero-order chi connectivity index (χ0) is 12.6. The minimum absolute atomic E-state index is 0.0641. The van der Waals surface area contributed by atoms with E-state index in [4.69, 9.17) is 5.73 Å². The highest BCUT2D eigenvalue weighted by Crippen LogP contribution is 2.11. The smallest absolute Gasteiger partial charge is 0.302 e. The third kappa shape index (κ3) is 6.36. The predicted molar refractivity (Wildman–Crippen MR) is 59.8 cm³/mol. The third-order valence-corrected chi connectivity index (χ3v) is 1.45. The first-order chi connectivity index (χ1) is 7.47. The second kappa shape index (κ2) is 7.22. The summed E-state index contributed by atoms with van der Waals surface area (Å²) >= 11 is 0. The van der Waals surface area contributed by atoms with Crippen molar-refractivity contribution in [3.05, 3.63) is 34.4 Å². The molecule has 0 aliphatic heterocycles. The lowest BCUT2D eigenvalue weighted by Gasteiger charge is -1.90. The number of non-ortho nitro benzene ring substituents is 1. The molecule has 0 amide bonds. The van der Waals surface area contributed by atoms with Gasteiger partial charge in [0.2, 0.25) is 0 Å². The molecule has 0 unspecified atom stereocenters. The molecule has 0 aliphatic rings. The minimum Gasteiger partial charge on any atom is -0.466 e. The van der Waals surface area contributed by atoms with Crippen molar-refractivity contribution < 1.29 is 14.5 Å². The van der Waals surface area contributed by atoms with Gasteiger partial charge < -0.3 is 10.5 Å². The number of nitrogens with two attached hydrogens (primary N) is 1. The molecule has 0 bridgehead atoms. The van der Waals surface area contributed by atoms with Crippen molar-refractivity contribution in [2.75, 3.05) is 12.3 Å². The zero-order valence-corrected chi connectivity index (χ0v) is 9.17. The van der Waals surface area contributed by atoms with E-state index in [0.717, 1.165) is 0 Å². The number of esters is 1. The maximum atomic E-state index is 10.1. The van der Waals surface area contributed by atoms with E-state index in [0.29, 0.717) is 12.3 Å². The van der Waals surface area contributed by atoms with Crippen molar-refractivity contribution in [3.8, 4) is 0 Å². The topological polar surface area (TPSA) is 95.5 Å². The summed E-state index contributed by atoms with van der Waals surface area (Å²) in [6.45, 7) is 3.65. The van der Waals surface area contributed by atoms with Gasteiger partial charge in [0.25, 0.3) is 5.69 Å². The van der Waals surface area contributed by atoms with Crippen molar-refractivity contribution >= 4 is 17.3 Å². The molecule has 0 radical (unpaired) electrons. The Balaban J connectivity index is 0.000000325. The van der Waals surface area contributed by atoms with E-state index in [-0.39, 0.29) is 11.7 Å². The summed E-state index contributed by atoms with van der Waals surface area (Å²) in [5.41, 5.74) is 5.90. The summed E-state index contributed by atoms with van der Waals surface area (Å²) in [5, 5.41) is 10.1. The molecule has 0 saturated carbocycles. The number of nitro benzene ring substituents is 1. The lowest BCUT2D eigenvalue weighted by molar-refractivity contribution is -0.384. The van der Waals surface area contributed by atoms with Crippen LogP contribution in [-0.4, -0.2) is 17.5 Å². The van der Waals surface area contributed by atoms with Gasteiger partial charge in [0.1, 0.15) is 0 Å². The predicted octanol–water partition coefficient (Wildman–Crippen LogP) is 1.75. The molecule has 0 spiro atoms. The normalized spacial score (nSPS) is 8.62. The average Bonchev–Trinajstić information content (AvgIpc) is 2.19. The average molecular weight is 226 g/mol. The SMILES string of the molecule is CCOC(C)=O.Nc1ccc([N+](=O)[O-])cc1. The van der Waals surface area contributed by atoms with Gasteiger partial charge in [-0.25, -0.2) is 0 Å². The maximum absolute atomic E-state index is 10.1. The van der Waals surface area contributed by atoms with Crippen LogP contribution in [0.3, 0.4) is 0 Å². The molecule has 0 saturated heterocycles. The third-order valence-electron chi connectivity index (χ3n) is 1.45. The molecule has 2 N–H and O–H groups in total. The Hall–Kier alpha value is -2.11. The van der Waals surface area contributed by atoms with E-state index >= 15 is 0 Å². The molecular formula is C10H14N2O4. The maximum Gasteiger partial charge on any atom is 0.302 e. The van der Waals surface area contributed by atoms with Crippen molar-refractivity contribution in [3.63, 3.8) is 0 Å². The molecule has 88 valence electrons. The standard InChI is InChI=1S/C6H6N2O2.C4H8O2/c7-5-1-3-6(4-2-5)8(9)10;1-3-6-4(2)5/h1-4H,7H2;3H2,1-2H3. The number of benzene rings is 1. The van der Waals surface area contributed by atoms with Crippen LogP contribution < -0.4 is 5.73 Å². The van der Waals surface area contributed by atoms with Gasteiger partial charge in [-0.15, -0.1) is 0 Å². The molecular weight excluding hydrogens is 212 g/mol. The molecule has 0 aliphatic carbocycles. The number of nitrogens with zero attached hydrogens (tertiary/aromatic N) is 1. The van der Waals surface area contributed by atoms with Gasteiger partial charge >= 0.3 is 5.97 Å². The van der Waals surface area contributed by atoms with Gasteiger partial charge in [-0.3, -0.25) is 14.9 Å². The van der Waals surface area contributed by atoms with Gasteiger partial charge in [-0.1, -0.05) is 0 Å². The molecule has 0 atom stereocenters. The fourth-order valence-electron chi connectivity index (χ4n) is 0.799. The van der Waals surface area contributed by atoms with Crippen LogP contribution >= 0.6 is 0 Å². The second-order valence-electron chi connectivity index (χ2n) is 2.77. The van der Waals surface area contributed by atoms with E-state index in [1.807, 2.05) is 0 Å². The fourth-order valence-corrected chi connectivity index (χ4v) is 0.799. The van der Waals surface area contributed by atoms with E-state index in [2.05, 4.69) is 4.74 Å². The van der Waals surface area contributed by atoms with Crippen LogP contribution in [0.25, 0.3) is 0 Å². The Morgan fingerprint density at radius 3 is 2.19 bits per heavy atom. The molecule has 0 heterocycles. The Kier molecular flexibility index (Phi) is 6.27. The molecule has 6 nitrogen and oxygen atoms in total. The van der Waals surface area contributed by atoms with Crippen LogP contribution in [0.2, 0.25) is 0 Å². The monoisotopic (exact) mass is 226 g/mol. The van der Waals surface area contributed by atoms with Crippen LogP contribution in [0.1, 0.15) is 13.8 Å². The Bertz CT molecular complexity index is 348. The quantitative estimate of drug-likeness (QED) is 0.358. The second-order valence-corrected chi connectivity index (χ2v) is 2.77. The Labute approximate surface area is 93.2 Å². The number of hydrogen-bond donors (Lipinski definition) is 1. The highest BCUT2D eigenvalue weighted by Gasteiger charge is 2.00. The van der Waals surface area contributed by atoms with Gasteiger partial charge in [0.15, 0.2) is 0 Å². The van der Waals surface area contributed by atoms with Gasteiger partial charge in [-0.2, -0.15) is 0 Å². The first-order valence-corrected chi connectivity index (χ1v) is 4.60.